The fourth-order valence-corrected chi connectivity index (χ4v) is 4.44. The molecule has 34 heavy (non-hydrogen) atoms. The maximum atomic E-state index is 11.0. The molecule has 5 rings (SSSR count). The Labute approximate surface area is 198 Å². The fourth-order valence-electron chi connectivity index (χ4n) is 4.44. The summed E-state index contributed by atoms with van der Waals surface area (Å²) in [6.45, 7) is 6.08. The summed E-state index contributed by atoms with van der Waals surface area (Å²) >= 11 is 0. The molecule has 1 aliphatic rings. The van der Waals surface area contributed by atoms with Gasteiger partial charge in [0, 0.05) is 65.8 Å². The number of aromatic nitrogens is 1. The maximum absolute atomic E-state index is 11.0. The number of morpholine rings is 1. The third-order valence-corrected chi connectivity index (χ3v) is 6.34. The van der Waals surface area contributed by atoms with Crippen LogP contribution in [0, 0.1) is 17.0 Å². The summed E-state index contributed by atoms with van der Waals surface area (Å²) in [5.74, 6) is 0. The Bertz CT molecular complexity index is 1340. The average Bonchev–Trinajstić information content (AvgIpc) is 3.14. The predicted octanol–water partition coefficient (Wildman–Crippen LogP) is 5.49. The smallest absolute Gasteiger partial charge is 0.269 e. The molecule has 0 unspecified atom stereocenters. The van der Waals surface area contributed by atoms with Gasteiger partial charge < -0.3 is 14.2 Å². The first-order valence-electron chi connectivity index (χ1n) is 11.4. The van der Waals surface area contributed by atoms with E-state index in [1.807, 2.05) is 42.6 Å². The zero-order chi connectivity index (χ0) is 23.5. The lowest BCUT2D eigenvalue weighted by Gasteiger charge is -2.28. The monoisotopic (exact) mass is 454 g/mol. The van der Waals surface area contributed by atoms with Crippen LogP contribution >= 0.6 is 0 Å². The van der Waals surface area contributed by atoms with Crippen LogP contribution in [0.2, 0.25) is 0 Å². The van der Waals surface area contributed by atoms with Crippen molar-refractivity contribution in [2.75, 3.05) is 31.2 Å². The number of nitro benzene ring substituents is 1. The summed E-state index contributed by atoms with van der Waals surface area (Å²) in [6, 6.07) is 23.3. The molecule has 0 saturated carbocycles. The second-order valence-electron chi connectivity index (χ2n) is 8.40. The van der Waals surface area contributed by atoms with Crippen LogP contribution < -0.4 is 4.90 Å². The molecule has 172 valence electrons. The second-order valence-corrected chi connectivity index (χ2v) is 8.40. The molecule has 2 heterocycles. The van der Waals surface area contributed by atoms with Crippen molar-refractivity contribution in [1.82, 2.24) is 4.57 Å². The number of hydrogen-bond donors (Lipinski definition) is 0. The molecule has 1 aliphatic heterocycles. The molecule has 0 amide bonds. The van der Waals surface area contributed by atoms with Gasteiger partial charge in [0.2, 0.25) is 0 Å². The molecule has 0 radical (unpaired) electrons. The lowest BCUT2D eigenvalue weighted by Crippen LogP contribution is -2.36. The van der Waals surface area contributed by atoms with Crippen molar-refractivity contribution >= 4 is 34.2 Å². The van der Waals surface area contributed by atoms with Gasteiger partial charge in [-0.25, -0.2) is 0 Å². The molecule has 7 nitrogen and oxygen atoms in total. The molecule has 0 bridgehead atoms. The normalized spacial score (nSPS) is 14.2. The van der Waals surface area contributed by atoms with E-state index in [0.29, 0.717) is 6.54 Å². The standard InChI is InChI=1S/C27H26N4O3/c1-20-26(18-28-22-8-12-23(13-9-22)29-14-16-34-17-15-29)25-4-2-3-5-27(25)30(20)19-21-6-10-24(11-7-21)31(32)33/h2-13,18H,14-17,19H2,1H3. The molecule has 0 N–H and O–H groups in total. The summed E-state index contributed by atoms with van der Waals surface area (Å²) in [6.07, 6.45) is 1.94. The first-order valence-corrected chi connectivity index (χ1v) is 11.4. The number of anilines is 1. The molecule has 3 aromatic carbocycles. The highest BCUT2D eigenvalue weighted by Gasteiger charge is 2.14. The highest BCUT2D eigenvalue weighted by molar-refractivity contribution is 6.01. The first-order chi connectivity index (χ1) is 16.6. The van der Waals surface area contributed by atoms with E-state index >= 15 is 0 Å². The summed E-state index contributed by atoms with van der Waals surface area (Å²) in [5.41, 5.74) is 6.51. The second kappa shape index (κ2) is 9.49. The van der Waals surface area contributed by atoms with E-state index in [1.54, 1.807) is 12.1 Å². The molecule has 1 aromatic heterocycles. The summed E-state index contributed by atoms with van der Waals surface area (Å²) in [5, 5.41) is 12.1. The number of benzene rings is 3. The third kappa shape index (κ3) is 4.43. The Balaban J connectivity index is 1.42. The minimum atomic E-state index is -0.373. The summed E-state index contributed by atoms with van der Waals surface area (Å²) in [7, 11) is 0. The molecule has 0 spiro atoms. The van der Waals surface area contributed by atoms with Gasteiger partial charge in [0.05, 0.1) is 23.8 Å². The number of hydrogen-bond acceptors (Lipinski definition) is 5. The van der Waals surface area contributed by atoms with Gasteiger partial charge in [-0.05, 0) is 42.8 Å². The van der Waals surface area contributed by atoms with Crippen LogP contribution in [0.3, 0.4) is 0 Å². The molecule has 1 fully saturated rings. The van der Waals surface area contributed by atoms with Gasteiger partial charge in [-0.3, -0.25) is 15.1 Å². The highest BCUT2D eigenvalue weighted by atomic mass is 16.6. The number of nitrogens with zero attached hydrogens (tertiary/aromatic N) is 4. The number of non-ortho nitro benzene ring substituents is 1. The predicted molar refractivity (Wildman–Crippen MR) is 136 cm³/mol. The van der Waals surface area contributed by atoms with Crippen LogP contribution in [0.5, 0.6) is 0 Å². The van der Waals surface area contributed by atoms with Crippen LogP contribution in [0.4, 0.5) is 17.1 Å². The zero-order valence-electron chi connectivity index (χ0n) is 19.1. The van der Waals surface area contributed by atoms with E-state index in [2.05, 4.69) is 40.7 Å². The number of rotatable bonds is 6. The van der Waals surface area contributed by atoms with Crippen LogP contribution in [0.25, 0.3) is 10.9 Å². The van der Waals surface area contributed by atoms with E-state index in [9.17, 15) is 10.1 Å². The minimum absolute atomic E-state index is 0.102. The Kier molecular flexibility index (Phi) is 6.10. The van der Waals surface area contributed by atoms with Gasteiger partial charge in [0.25, 0.3) is 5.69 Å². The van der Waals surface area contributed by atoms with Crippen molar-refractivity contribution in [1.29, 1.82) is 0 Å². The van der Waals surface area contributed by atoms with Crippen LogP contribution in [-0.4, -0.2) is 42.0 Å². The third-order valence-electron chi connectivity index (χ3n) is 6.34. The van der Waals surface area contributed by atoms with Crippen LogP contribution in [0.1, 0.15) is 16.8 Å². The van der Waals surface area contributed by atoms with Crippen molar-refractivity contribution in [2.45, 2.75) is 13.5 Å². The van der Waals surface area contributed by atoms with Crippen molar-refractivity contribution in [2.24, 2.45) is 4.99 Å². The molecule has 4 aromatic rings. The summed E-state index contributed by atoms with van der Waals surface area (Å²) < 4.78 is 7.67. The highest BCUT2D eigenvalue weighted by Crippen LogP contribution is 2.27. The molecule has 0 aliphatic carbocycles. The van der Waals surface area contributed by atoms with Crippen LogP contribution in [0.15, 0.2) is 77.8 Å². The summed E-state index contributed by atoms with van der Waals surface area (Å²) in [4.78, 5) is 17.7. The Morgan fingerprint density at radius 2 is 1.71 bits per heavy atom. The zero-order valence-corrected chi connectivity index (χ0v) is 19.1. The van der Waals surface area contributed by atoms with Crippen molar-refractivity contribution < 1.29 is 9.66 Å². The van der Waals surface area contributed by atoms with Gasteiger partial charge in [0.1, 0.15) is 0 Å². The number of ether oxygens (including phenoxy) is 1. The average molecular weight is 455 g/mol. The van der Waals surface area contributed by atoms with Gasteiger partial charge in [-0.15, -0.1) is 0 Å². The van der Waals surface area contributed by atoms with Gasteiger partial charge in [-0.1, -0.05) is 30.3 Å². The molecule has 7 heteroatoms. The number of nitro groups is 1. The molecular weight excluding hydrogens is 428 g/mol. The quantitative estimate of drug-likeness (QED) is 0.219. The van der Waals surface area contributed by atoms with Crippen molar-refractivity contribution in [3.05, 3.63) is 99.7 Å². The van der Waals surface area contributed by atoms with E-state index in [4.69, 9.17) is 9.73 Å². The van der Waals surface area contributed by atoms with Gasteiger partial charge in [0.15, 0.2) is 0 Å². The topological polar surface area (TPSA) is 72.9 Å². The first kappa shape index (κ1) is 21.9. The fraction of sp³-hybridized carbons (Fsp3) is 0.222. The lowest BCUT2D eigenvalue weighted by molar-refractivity contribution is -0.384. The SMILES string of the molecule is Cc1c(C=Nc2ccc(N3CCOCC3)cc2)c2ccccc2n1Cc1ccc([N+](=O)[O-])cc1. The largest absolute Gasteiger partial charge is 0.378 e. The van der Waals surface area contributed by atoms with E-state index < -0.39 is 0 Å². The Morgan fingerprint density at radius 3 is 2.41 bits per heavy atom. The molecule has 1 saturated heterocycles. The van der Waals surface area contributed by atoms with E-state index in [0.717, 1.165) is 59.7 Å². The molecular formula is C27H26N4O3. The van der Waals surface area contributed by atoms with Gasteiger partial charge >= 0.3 is 0 Å². The Morgan fingerprint density at radius 1 is 1.00 bits per heavy atom. The number of fused-ring (bicyclic) bond motifs is 1. The van der Waals surface area contributed by atoms with Crippen molar-refractivity contribution in [3.63, 3.8) is 0 Å². The lowest BCUT2D eigenvalue weighted by atomic mass is 10.1. The number of aliphatic imine (C=N–C) groups is 1. The van der Waals surface area contributed by atoms with Crippen molar-refractivity contribution in [3.8, 4) is 0 Å². The molecule has 0 atom stereocenters. The van der Waals surface area contributed by atoms with Gasteiger partial charge in [-0.2, -0.15) is 0 Å². The maximum Gasteiger partial charge on any atom is 0.269 e. The number of para-hydroxylation sites is 1. The van der Waals surface area contributed by atoms with E-state index in [1.165, 1.54) is 5.69 Å². The minimum Gasteiger partial charge on any atom is -0.378 e. The van der Waals surface area contributed by atoms with Crippen LogP contribution in [-0.2, 0) is 11.3 Å². The van der Waals surface area contributed by atoms with E-state index in [-0.39, 0.29) is 10.6 Å². The Hall–Kier alpha value is -3.97.